The SMILES string of the molecule is Cc1ccccc1CC(=O)N1CCC(c2nc3c(nnn3Cc3cccc(F)c3)c(=O)[nH]2)CC1. The van der Waals surface area contributed by atoms with Crippen molar-refractivity contribution in [1.29, 1.82) is 0 Å². The van der Waals surface area contributed by atoms with Crippen molar-refractivity contribution in [2.75, 3.05) is 13.1 Å². The van der Waals surface area contributed by atoms with Crippen molar-refractivity contribution in [3.8, 4) is 0 Å². The van der Waals surface area contributed by atoms with Crippen LogP contribution in [0.4, 0.5) is 4.39 Å². The highest BCUT2D eigenvalue weighted by atomic mass is 19.1. The second-order valence-electron chi connectivity index (χ2n) is 8.76. The maximum Gasteiger partial charge on any atom is 0.281 e. The van der Waals surface area contributed by atoms with Gasteiger partial charge < -0.3 is 9.88 Å². The lowest BCUT2D eigenvalue weighted by Crippen LogP contribution is -2.39. The predicted molar refractivity (Wildman–Crippen MR) is 125 cm³/mol. The molecule has 1 N–H and O–H groups in total. The van der Waals surface area contributed by atoms with Gasteiger partial charge in [-0.15, -0.1) is 5.10 Å². The highest BCUT2D eigenvalue weighted by molar-refractivity contribution is 5.79. The number of likely N-dealkylation sites (tertiary alicyclic amines) is 1. The first-order valence-corrected chi connectivity index (χ1v) is 11.4. The number of hydrogen-bond donors (Lipinski definition) is 1. The number of halogens is 1. The first kappa shape index (κ1) is 21.9. The van der Waals surface area contributed by atoms with Crippen LogP contribution >= 0.6 is 0 Å². The number of nitrogens with one attached hydrogen (secondary N) is 1. The Morgan fingerprint density at radius 1 is 1.15 bits per heavy atom. The number of piperidine rings is 1. The highest BCUT2D eigenvalue weighted by Gasteiger charge is 2.26. The molecule has 3 heterocycles. The minimum atomic E-state index is -0.344. The number of rotatable bonds is 5. The molecule has 0 aliphatic carbocycles. The van der Waals surface area contributed by atoms with Crippen LogP contribution in [0.5, 0.6) is 0 Å². The molecule has 0 unspecified atom stereocenters. The molecule has 1 aliphatic heterocycles. The van der Waals surface area contributed by atoms with Crippen LogP contribution < -0.4 is 5.56 Å². The molecule has 8 nitrogen and oxygen atoms in total. The normalized spacial score (nSPS) is 14.6. The standard InChI is InChI=1S/C25H25FN6O2/c1-16-5-2-3-7-19(16)14-21(33)31-11-9-18(10-12-31)23-27-24-22(25(34)28-23)29-30-32(24)15-17-6-4-8-20(26)13-17/h2-8,13,18H,9-12,14-15H2,1H3,(H,27,28,34). The molecule has 1 amide bonds. The van der Waals surface area contributed by atoms with Crippen LogP contribution in [-0.2, 0) is 17.8 Å². The van der Waals surface area contributed by atoms with Crippen molar-refractivity contribution in [3.05, 3.63) is 87.2 Å². The van der Waals surface area contributed by atoms with E-state index in [0.717, 1.165) is 11.1 Å². The number of benzene rings is 2. The van der Waals surface area contributed by atoms with E-state index in [2.05, 4.69) is 20.3 Å². The quantitative estimate of drug-likeness (QED) is 0.494. The predicted octanol–water partition coefficient (Wildman–Crippen LogP) is 2.96. The number of fused-ring (bicyclic) bond motifs is 1. The van der Waals surface area contributed by atoms with Gasteiger partial charge in [-0.25, -0.2) is 14.1 Å². The molecule has 0 bridgehead atoms. The van der Waals surface area contributed by atoms with Crippen LogP contribution in [0.1, 0.15) is 41.3 Å². The molecule has 0 spiro atoms. The monoisotopic (exact) mass is 460 g/mol. The molecule has 0 radical (unpaired) electrons. The third-order valence-corrected chi connectivity index (χ3v) is 6.45. The maximum absolute atomic E-state index is 13.6. The summed E-state index contributed by atoms with van der Waals surface area (Å²) in [4.78, 5) is 34.8. The van der Waals surface area contributed by atoms with Crippen molar-refractivity contribution in [2.45, 2.75) is 38.6 Å². The van der Waals surface area contributed by atoms with E-state index in [9.17, 15) is 14.0 Å². The lowest BCUT2D eigenvalue weighted by Gasteiger charge is -2.31. The minimum absolute atomic E-state index is 0.0251. The van der Waals surface area contributed by atoms with E-state index >= 15 is 0 Å². The number of aromatic amines is 1. The molecule has 1 aliphatic rings. The number of carbonyl (C=O) groups excluding carboxylic acids is 1. The van der Waals surface area contributed by atoms with Crippen molar-refractivity contribution in [2.24, 2.45) is 0 Å². The summed E-state index contributed by atoms with van der Waals surface area (Å²) in [5.41, 5.74) is 3.06. The fourth-order valence-corrected chi connectivity index (χ4v) is 4.48. The first-order chi connectivity index (χ1) is 16.5. The van der Waals surface area contributed by atoms with Crippen molar-refractivity contribution in [3.63, 3.8) is 0 Å². The van der Waals surface area contributed by atoms with Crippen molar-refractivity contribution >= 4 is 17.1 Å². The van der Waals surface area contributed by atoms with E-state index in [0.29, 0.717) is 49.4 Å². The average Bonchev–Trinajstić information content (AvgIpc) is 3.24. The number of H-pyrrole nitrogens is 1. The average molecular weight is 461 g/mol. The van der Waals surface area contributed by atoms with Crippen LogP contribution in [0, 0.1) is 12.7 Å². The Hall–Kier alpha value is -3.88. The Bertz CT molecular complexity index is 1400. The van der Waals surface area contributed by atoms with Crippen LogP contribution in [0.25, 0.3) is 11.2 Å². The number of nitrogens with zero attached hydrogens (tertiary/aromatic N) is 5. The van der Waals surface area contributed by atoms with E-state index in [1.54, 1.807) is 12.1 Å². The summed E-state index contributed by atoms with van der Waals surface area (Å²) in [5, 5.41) is 8.02. The van der Waals surface area contributed by atoms with Crippen LogP contribution in [0.2, 0.25) is 0 Å². The van der Waals surface area contributed by atoms with Gasteiger partial charge in [-0.3, -0.25) is 9.59 Å². The minimum Gasteiger partial charge on any atom is -0.342 e. The molecule has 2 aromatic carbocycles. The first-order valence-electron chi connectivity index (χ1n) is 11.4. The number of hydrogen-bond acceptors (Lipinski definition) is 5. The number of carbonyl (C=O) groups is 1. The Balaban J connectivity index is 1.31. The van der Waals surface area contributed by atoms with Gasteiger partial charge in [0.25, 0.3) is 5.56 Å². The van der Waals surface area contributed by atoms with Gasteiger partial charge in [0.05, 0.1) is 13.0 Å². The van der Waals surface area contributed by atoms with Crippen molar-refractivity contribution < 1.29 is 9.18 Å². The molecule has 1 fully saturated rings. The lowest BCUT2D eigenvalue weighted by atomic mass is 9.95. The molecule has 0 atom stereocenters. The third-order valence-electron chi connectivity index (χ3n) is 6.45. The zero-order chi connectivity index (χ0) is 23.7. The Labute approximate surface area is 195 Å². The smallest absolute Gasteiger partial charge is 0.281 e. The summed E-state index contributed by atoms with van der Waals surface area (Å²) in [6, 6.07) is 14.1. The van der Waals surface area contributed by atoms with Gasteiger partial charge >= 0.3 is 0 Å². The molecular weight excluding hydrogens is 435 g/mol. The van der Waals surface area contributed by atoms with Gasteiger partial charge in [0.15, 0.2) is 11.2 Å². The van der Waals surface area contributed by atoms with Gasteiger partial charge in [-0.2, -0.15) is 0 Å². The fourth-order valence-electron chi connectivity index (χ4n) is 4.48. The summed E-state index contributed by atoms with van der Waals surface area (Å²) in [7, 11) is 0. The van der Waals surface area contributed by atoms with E-state index in [-0.39, 0.29) is 35.3 Å². The second-order valence-corrected chi connectivity index (χ2v) is 8.76. The van der Waals surface area contributed by atoms with Gasteiger partial charge in [-0.1, -0.05) is 41.6 Å². The molecule has 0 saturated carbocycles. The summed E-state index contributed by atoms with van der Waals surface area (Å²) in [6.07, 6.45) is 1.81. The zero-order valence-corrected chi connectivity index (χ0v) is 18.9. The number of aryl methyl sites for hydroxylation is 1. The molecule has 1 saturated heterocycles. The second kappa shape index (κ2) is 9.17. The van der Waals surface area contributed by atoms with E-state index in [1.165, 1.54) is 16.8 Å². The van der Waals surface area contributed by atoms with E-state index in [1.807, 2.05) is 36.1 Å². The molecule has 2 aromatic heterocycles. The number of aromatic nitrogens is 5. The van der Waals surface area contributed by atoms with Crippen LogP contribution in [-0.4, -0.2) is 48.9 Å². The molecule has 174 valence electrons. The summed E-state index contributed by atoms with van der Waals surface area (Å²) >= 11 is 0. The van der Waals surface area contributed by atoms with Gasteiger partial charge in [0.1, 0.15) is 11.6 Å². The highest BCUT2D eigenvalue weighted by Crippen LogP contribution is 2.26. The van der Waals surface area contributed by atoms with Crippen LogP contribution in [0.3, 0.4) is 0 Å². The Kier molecular flexibility index (Phi) is 5.91. The largest absolute Gasteiger partial charge is 0.342 e. The molecule has 4 aromatic rings. The van der Waals surface area contributed by atoms with Gasteiger partial charge in [-0.05, 0) is 48.6 Å². The Morgan fingerprint density at radius 2 is 1.94 bits per heavy atom. The number of amides is 1. The maximum atomic E-state index is 13.6. The lowest BCUT2D eigenvalue weighted by molar-refractivity contribution is -0.131. The Morgan fingerprint density at radius 3 is 2.71 bits per heavy atom. The van der Waals surface area contributed by atoms with E-state index < -0.39 is 0 Å². The van der Waals surface area contributed by atoms with Gasteiger partial charge in [0.2, 0.25) is 5.91 Å². The summed E-state index contributed by atoms with van der Waals surface area (Å²) in [5.74, 6) is 0.377. The van der Waals surface area contributed by atoms with Crippen LogP contribution in [0.15, 0.2) is 53.3 Å². The topological polar surface area (TPSA) is 96.8 Å². The van der Waals surface area contributed by atoms with Gasteiger partial charge in [0, 0.05) is 19.0 Å². The molecule has 34 heavy (non-hydrogen) atoms. The third kappa shape index (κ3) is 4.46. The summed E-state index contributed by atoms with van der Waals surface area (Å²) < 4.78 is 15.1. The van der Waals surface area contributed by atoms with Crippen molar-refractivity contribution in [1.82, 2.24) is 29.9 Å². The molecule has 5 rings (SSSR count). The fraction of sp³-hybridized carbons (Fsp3) is 0.320. The van der Waals surface area contributed by atoms with E-state index in [4.69, 9.17) is 0 Å². The molecule has 9 heteroatoms. The summed E-state index contributed by atoms with van der Waals surface area (Å²) in [6.45, 7) is 3.49. The zero-order valence-electron chi connectivity index (χ0n) is 18.9. The molecular formula is C25H25FN6O2.